The molecule has 0 fully saturated rings. The summed E-state index contributed by atoms with van der Waals surface area (Å²) in [6.07, 6.45) is 3.60. The largest absolute Gasteiger partial charge is 0.473 e. The lowest BCUT2D eigenvalue weighted by atomic mass is 10.7. The molecule has 0 aliphatic carbocycles. The first-order valence-electron chi connectivity index (χ1n) is 3.25. The van der Waals surface area contributed by atoms with Crippen LogP contribution < -0.4 is 5.19 Å². The van der Waals surface area contributed by atoms with Crippen LogP contribution in [0.5, 0.6) is 0 Å². The average molecular weight is 219 g/mol. The molecule has 10 heavy (non-hydrogen) atoms. The first-order valence-corrected chi connectivity index (χ1v) is 7.58. The van der Waals surface area contributed by atoms with Gasteiger partial charge in [-0.1, -0.05) is 29.0 Å². The third kappa shape index (κ3) is 1.52. The number of halogens is 1. The Hall–Kier alpha value is -0.0231. The Balaban J connectivity index is 2.85. The van der Waals surface area contributed by atoms with Crippen LogP contribution in [0.3, 0.4) is 0 Å². The van der Waals surface area contributed by atoms with Crippen molar-refractivity contribution in [2.45, 2.75) is 13.1 Å². The Morgan fingerprint density at radius 3 is 2.70 bits per heavy atom. The zero-order chi connectivity index (χ0) is 7.61. The molecule has 1 heterocycles. The molecule has 0 saturated heterocycles. The first-order chi connectivity index (χ1) is 4.67. The highest BCUT2D eigenvalue weighted by Gasteiger charge is 2.22. The molecule has 0 N–H and O–H groups in total. The van der Waals surface area contributed by atoms with Crippen molar-refractivity contribution in [2.24, 2.45) is 0 Å². The molecule has 0 aliphatic rings. The molecule has 1 aromatic rings. The number of hydrogen-bond donors (Lipinski definition) is 0. The van der Waals surface area contributed by atoms with Gasteiger partial charge in [-0.25, -0.2) is 0 Å². The number of hydrogen-bond acceptors (Lipinski definition) is 1. The second-order valence-electron chi connectivity index (χ2n) is 3.03. The number of alkyl halides is 1. The topological polar surface area (TPSA) is 13.1 Å². The fraction of sp³-hybridized carbons (Fsp3) is 0.429. The predicted molar refractivity (Wildman–Crippen MR) is 49.6 cm³/mol. The highest BCUT2D eigenvalue weighted by atomic mass is 79.9. The van der Waals surface area contributed by atoms with Crippen LogP contribution >= 0.6 is 15.9 Å². The normalized spacial score (nSPS) is 11.9. The molecule has 0 aromatic carbocycles. The van der Waals surface area contributed by atoms with E-state index in [4.69, 9.17) is 4.42 Å². The van der Waals surface area contributed by atoms with Crippen LogP contribution in [0, 0.1) is 0 Å². The summed E-state index contributed by atoms with van der Waals surface area (Å²) in [6.45, 7) is 4.62. The molecular formula is C7H11BrOSi. The van der Waals surface area contributed by atoms with Crippen LogP contribution in [0.15, 0.2) is 23.0 Å². The minimum atomic E-state index is -1.18. The molecule has 0 aliphatic heterocycles. The van der Waals surface area contributed by atoms with Gasteiger partial charge in [0.2, 0.25) is 0 Å². The van der Waals surface area contributed by atoms with E-state index in [0.717, 1.165) is 4.95 Å². The third-order valence-electron chi connectivity index (χ3n) is 1.64. The van der Waals surface area contributed by atoms with E-state index in [0.29, 0.717) is 0 Å². The molecule has 3 heteroatoms. The SMILES string of the molecule is C[Si](C)(CBr)c1ccoc1. The van der Waals surface area contributed by atoms with E-state index in [1.54, 1.807) is 6.26 Å². The van der Waals surface area contributed by atoms with Gasteiger partial charge in [-0.3, -0.25) is 0 Å². The molecule has 0 unspecified atom stereocenters. The van der Waals surface area contributed by atoms with E-state index in [-0.39, 0.29) is 0 Å². The summed E-state index contributed by atoms with van der Waals surface area (Å²) >= 11 is 3.51. The highest BCUT2D eigenvalue weighted by molar-refractivity contribution is 9.09. The summed E-state index contributed by atoms with van der Waals surface area (Å²) in [5, 5.41) is 1.38. The van der Waals surface area contributed by atoms with Gasteiger partial charge in [0, 0.05) is 4.95 Å². The monoisotopic (exact) mass is 218 g/mol. The summed E-state index contributed by atoms with van der Waals surface area (Å²) in [5.74, 6) is 0. The average Bonchev–Trinajstić information content (AvgIpc) is 2.38. The first kappa shape index (κ1) is 8.08. The fourth-order valence-electron chi connectivity index (χ4n) is 0.727. The van der Waals surface area contributed by atoms with Crippen molar-refractivity contribution in [3.63, 3.8) is 0 Å². The quantitative estimate of drug-likeness (QED) is 0.548. The Labute approximate surface area is 70.6 Å². The van der Waals surface area contributed by atoms with E-state index in [2.05, 4.69) is 35.1 Å². The van der Waals surface area contributed by atoms with Gasteiger partial charge in [-0.2, -0.15) is 0 Å². The van der Waals surface area contributed by atoms with Crippen LogP contribution in [-0.2, 0) is 0 Å². The minimum Gasteiger partial charge on any atom is -0.473 e. The molecule has 1 rings (SSSR count). The van der Waals surface area contributed by atoms with Crippen LogP contribution in [0.4, 0.5) is 0 Å². The van der Waals surface area contributed by atoms with Crippen molar-refractivity contribution < 1.29 is 4.42 Å². The Morgan fingerprint density at radius 2 is 2.30 bits per heavy atom. The van der Waals surface area contributed by atoms with Gasteiger partial charge in [-0.15, -0.1) is 0 Å². The van der Waals surface area contributed by atoms with Crippen LogP contribution in [0.25, 0.3) is 0 Å². The molecule has 0 atom stereocenters. The summed E-state index contributed by atoms with van der Waals surface area (Å²) in [7, 11) is -1.18. The van der Waals surface area contributed by atoms with Crippen molar-refractivity contribution >= 4 is 29.2 Å². The standard InChI is InChI=1S/C7H11BrOSi/c1-10(2,6-8)7-3-4-9-5-7/h3-5H,6H2,1-2H3. The lowest BCUT2D eigenvalue weighted by Crippen LogP contribution is -2.42. The molecule has 1 nitrogen and oxygen atoms in total. The van der Waals surface area contributed by atoms with Gasteiger partial charge in [-0.05, 0) is 11.3 Å². The number of furan rings is 1. The van der Waals surface area contributed by atoms with E-state index in [9.17, 15) is 0 Å². The minimum absolute atomic E-state index is 1.10. The second kappa shape index (κ2) is 2.92. The van der Waals surface area contributed by atoms with Crippen molar-refractivity contribution in [3.8, 4) is 0 Å². The van der Waals surface area contributed by atoms with Crippen LogP contribution in [0.2, 0.25) is 13.1 Å². The van der Waals surface area contributed by atoms with Crippen molar-refractivity contribution in [2.75, 3.05) is 4.95 Å². The highest BCUT2D eigenvalue weighted by Crippen LogP contribution is 2.06. The third-order valence-corrected chi connectivity index (χ3v) is 8.36. The molecule has 0 saturated carbocycles. The summed E-state index contributed by atoms with van der Waals surface area (Å²) in [4.78, 5) is 1.10. The van der Waals surface area contributed by atoms with Crippen LogP contribution in [0.1, 0.15) is 0 Å². The zero-order valence-corrected chi connectivity index (χ0v) is 8.81. The van der Waals surface area contributed by atoms with E-state index < -0.39 is 8.07 Å². The maximum Gasteiger partial charge on any atom is 0.0953 e. The van der Waals surface area contributed by atoms with Crippen LogP contribution in [-0.4, -0.2) is 13.0 Å². The zero-order valence-electron chi connectivity index (χ0n) is 6.23. The summed E-state index contributed by atoms with van der Waals surface area (Å²) < 4.78 is 5.02. The molecule has 0 radical (unpaired) electrons. The van der Waals surface area contributed by atoms with Crippen molar-refractivity contribution in [1.29, 1.82) is 0 Å². The summed E-state index contributed by atoms with van der Waals surface area (Å²) in [5.41, 5.74) is 0. The Bertz CT molecular complexity index is 193. The van der Waals surface area contributed by atoms with Gasteiger partial charge in [0.05, 0.1) is 20.6 Å². The van der Waals surface area contributed by atoms with Crippen molar-refractivity contribution in [1.82, 2.24) is 0 Å². The Kier molecular flexibility index (Phi) is 2.36. The van der Waals surface area contributed by atoms with Gasteiger partial charge in [0.15, 0.2) is 0 Å². The van der Waals surface area contributed by atoms with Crippen molar-refractivity contribution in [3.05, 3.63) is 18.6 Å². The van der Waals surface area contributed by atoms with Gasteiger partial charge >= 0.3 is 0 Å². The molecular weight excluding hydrogens is 208 g/mol. The fourth-order valence-corrected chi connectivity index (χ4v) is 2.76. The molecule has 0 amide bonds. The van der Waals surface area contributed by atoms with E-state index >= 15 is 0 Å². The maximum atomic E-state index is 5.02. The van der Waals surface area contributed by atoms with Gasteiger partial charge in [0.25, 0.3) is 0 Å². The molecule has 0 bridgehead atoms. The Morgan fingerprint density at radius 1 is 1.60 bits per heavy atom. The predicted octanol–water partition coefficient (Wildman–Crippen LogP) is 2.13. The molecule has 56 valence electrons. The van der Waals surface area contributed by atoms with Gasteiger partial charge in [0.1, 0.15) is 0 Å². The number of rotatable bonds is 2. The smallest absolute Gasteiger partial charge is 0.0953 e. The van der Waals surface area contributed by atoms with E-state index in [1.807, 2.05) is 6.26 Å². The molecule has 0 spiro atoms. The molecule has 1 aromatic heterocycles. The lowest BCUT2D eigenvalue weighted by Gasteiger charge is -2.15. The summed E-state index contributed by atoms with van der Waals surface area (Å²) in [6, 6.07) is 2.06. The van der Waals surface area contributed by atoms with Gasteiger partial charge < -0.3 is 4.42 Å². The lowest BCUT2D eigenvalue weighted by molar-refractivity contribution is 0.569. The maximum absolute atomic E-state index is 5.02. The van der Waals surface area contributed by atoms with E-state index in [1.165, 1.54) is 5.19 Å². The second-order valence-corrected chi connectivity index (χ2v) is 9.32.